The maximum atomic E-state index is 10.8. The van der Waals surface area contributed by atoms with Crippen molar-refractivity contribution >= 4 is 32.3 Å². The largest absolute Gasteiger partial charge is 0.390 e. The Hall–Kier alpha value is -2.16. The molecule has 0 spiro atoms. The monoisotopic (exact) mass is 302 g/mol. The van der Waals surface area contributed by atoms with Crippen molar-refractivity contribution in [2.45, 2.75) is 31.5 Å². The number of aliphatic hydroxyl groups excluding tert-OH is 1. The van der Waals surface area contributed by atoms with Crippen molar-refractivity contribution in [2.75, 3.05) is 0 Å². The van der Waals surface area contributed by atoms with E-state index >= 15 is 0 Å². The number of benzene rings is 4. The fraction of sp³-hybridized carbons (Fsp3) is 0.238. The van der Waals surface area contributed by atoms with Crippen LogP contribution in [0.25, 0.3) is 32.3 Å². The SMILES string of the molecule is CC1(O)c2cc3ccc4cccc5ccc(c2CCC1O)c3c45. The Morgan fingerprint density at radius 3 is 2.43 bits per heavy atom. The molecule has 0 saturated heterocycles. The Morgan fingerprint density at radius 2 is 1.65 bits per heavy atom. The Morgan fingerprint density at radius 1 is 0.957 bits per heavy atom. The summed E-state index contributed by atoms with van der Waals surface area (Å²) < 4.78 is 0. The standard InChI is InChI=1S/C21H18O2/c1-21(23)17-11-14-6-5-12-3-2-4-13-7-8-16(20(14)19(12)13)15(17)9-10-18(21)22/h2-8,11,18,22-23H,9-10H2,1H3. The molecule has 0 bridgehead atoms. The molecule has 0 aromatic heterocycles. The molecule has 2 atom stereocenters. The molecule has 0 heterocycles. The summed E-state index contributed by atoms with van der Waals surface area (Å²) >= 11 is 0. The Balaban J connectivity index is 2.02. The normalized spacial score (nSPS) is 24.6. The van der Waals surface area contributed by atoms with E-state index < -0.39 is 11.7 Å². The van der Waals surface area contributed by atoms with Gasteiger partial charge in [0, 0.05) is 0 Å². The second kappa shape index (κ2) is 4.22. The van der Waals surface area contributed by atoms with Crippen LogP contribution in [0.5, 0.6) is 0 Å². The van der Waals surface area contributed by atoms with Crippen LogP contribution in [-0.2, 0) is 12.0 Å². The molecule has 2 N–H and O–H groups in total. The lowest BCUT2D eigenvalue weighted by Crippen LogP contribution is -2.40. The molecule has 0 aliphatic heterocycles. The molecule has 23 heavy (non-hydrogen) atoms. The first-order valence-corrected chi connectivity index (χ1v) is 8.18. The number of aliphatic hydroxyl groups is 2. The minimum Gasteiger partial charge on any atom is -0.390 e. The zero-order chi connectivity index (χ0) is 15.8. The molecule has 2 unspecified atom stereocenters. The highest BCUT2D eigenvalue weighted by atomic mass is 16.3. The fourth-order valence-electron chi connectivity index (χ4n) is 4.33. The van der Waals surface area contributed by atoms with Crippen molar-refractivity contribution in [3.05, 3.63) is 59.7 Å². The van der Waals surface area contributed by atoms with Gasteiger partial charge in [-0.05, 0) is 69.3 Å². The van der Waals surface area contributed by atoms with E-state index in [0.717, 1.165) is 17.4 Å². The van der Waals surface area contributed by atoms with Gasteiger partial charge >= 0.3 is 0 Å². The van der Waals surface area contributed by atoms with Crippen LogP contribution >= 0.6 is 0 Å². The molecular weight excluding hydrogens is 284 g/mol. The molecule has 2 heteroatoms. The summed E-state index contributed by atoms with van der Waals surface area (Å²) in [6.07, 6.45) is 0.702. The van der Waals surface area contributed by atoms with Gasteiger partial charge in [-0.25, -0.2) is 0 Å². The first-order valence-electron chi connectivity index (χ1n) is 8.18. The number of hydrogen-bond donors (Lipinski definition) is 2. The average Bonchev–Trinajstić information content (AvgIpc) is 2.56. The number of fused-ring (bicyclic) bond motifs is 2. The molecular formula is C21H18O2. The molecule has 2 nitrogen and oxygen atoms in total. The van der Waals surface area contributed by atoms with Gasteiger partial charge in [-0.15, -0.1) is 0 Å². The lowest BCUT2D eigenvalue weighted by Gasteiger charge is -2.37. The molecule has 0 fully saturated rings. The predicted molar refractivity (Wildman–Crippen MR) is 94.0 cm³/mol. The lowest BCUT2D eigenvalue weighted by atomic mass is 9.75. The lowest BCUT2D eigenvalue weighted by molar-refractivity contribution is -0.0762. The third kappa shape index (κ3) is 1.60. The Labute approximate surface area is 134 Å². The topological polar surface area (TPSA) is 40.5 Å². The minimum atomic E-state index is -1.18. The molecule has 5 rings (SSSR count). The summed E-state index contributed by atoms with van der Waals surface area (Å²) in [5, 5.41) is 28.5. The fourth-order valence-corrected chi connectivity index (χ4v) is 4.33. The van der Waals surface area contributed by atoms with Crippen molar-refractivity contribution in [3.63, 3.8) is 0 Å². The van der Waals surface area contributed by atoms with Gasteiger partial charge in [0.2, 0.25) is 0 Å². The Bertz CT molecular complexity index is 1050. The van der Waals surface area contributed by atoms with E-state index in [-0.39, 0.29) is 0 Å². The molecule has 4 aromatic carbocycles. The van der Waals surface area contributed by atoms with Crippen LogP contribution in [0.3, 0.4) is 0 Å². The zero-order valence-corrected chi connectivity index (χ0v) is 13.0. The second-order valence-electron chi connectivity index (χ2n) is 6.96. The summed E-state index contributed by atoms with van der Waals surface area (Å²) in [6.45, 7) is 1.73. The van der Waals surface area contributed by atoms with Crippen molar-refractivity contribution in [3.8, 4) is 0 Å². The van der Waals surface area contributed by atoms with Crippen LogP contribution in [0.4, 0.5) is 0 Å². The van der Waals surface area contributed by atoms with Gasteiger partial charge in [0.05, 0.1) is 6.10 Å². The van der Waals surface area contributed by atoms with Crippen molar-refractivity contribution < 1.29 is 10.2 Å². The zero-order valence-electron chi connectivity index (χ0n) is 13.0. The molecule has 114 valence electrons. The second-order valence-corrected chi connectivity index (χ2v) is 6.96. The third-order valence-corrected chi connectivity index (χ3v) is 5.62. The van der Waals surface area contributed by atoms with Gasteiger partial charge in [-0.1, -0.05) is 42.5 Å². The molecule has 0 saturated carbocycles. The molecule has 1 aliphatic carbocycles. The summed E-state index contributed by atoms with van der Waals surface area (Å²) in [5.74, 6) is 0. The van der Waals surface area contributed by atoms with E-state index in [1.807, 2.05) is 0 Å². The van der Waals surface area contributed by atoms with Crippen LogP contribution < -0.4 is 0 Å². The quantitative estimate of drug-likeness (QED) is 0.480. The highest BCUT2D eigenvalue weighted by Crippen LogP contribution is 2.43. The summed E-state index contributed by atoms with van der Waals surface area (Å²) in [6, 6.07) is 17.1. The Kier molecular flexibility index (Phi) is 2.44. The van der Waals surface area contributed by atoms with Gasteiger partial charge < -0.3 is 10.2 Å². The average molecular weight is 302 g/mol. The van der Waals surface area contributed by atoms with Crippen molar-refractivity contribution in [1.29, 1.82) is 0 Å². The van der Waals surface area contributed by atoms with E-state index in [2.05, 4.69) is 48.5 Å². The van der Waals surface area contributed by atoms with E-state index in [1.165, 1.54) is 32.5 Å². The molecule has 0 radical (unpaired) electrons. The van der Waals surface area contributed by atoms with E-state index in [0.29, 0.717) is 6.42 Å². The van der Waals surface area contributed by atoms with Crippen molar-refractivity contribution in [2.24, 2.45) is 0 Å². The highest BCUT2D eigenvalue weighted by molar-refractivity contribution is 6.23. The van der Waals surface area contributed by atoms with Gasteiger partial charge in [0.15, 0.2) is 0 Å². The van der Waals surface area contributed by atoms with Gasteiger partial charge in [-0.3, -0.25) is 0 Å². The number of aryl methyl sites for hydroxylation is 1. The van der Waals surface area contributed by atoms with Gasteiger partial charge in [-0.2, -0.15) is 0 Å². The first kappa shape index (κ1) is 13.3. The first-order chi connectivity index (χ1) is 11.1. The van der Waals surface area contributed by atoms with Gasteiger partial charge in [0.1, 0.15) is 5.60 Å². The van der Waals surface area contributed by atoms with Crippen molar-refractivity contribution in [1.82, 2.24) is 0 Å². The number of rotatable bonds is 0. The van der Waals surface area contributed by atoms with Crippen LogP contribution in [0, 0.1) is 0 Å². The van der Waals surface area contributed by atoms with Crippen LogP contribution in [0.15, 0.2) is 48.5 Å². The minimum absolute atomic E-state index is 0.601. The highest BCUT2D eigenvalue weighted by Gasteiger charge is 2.38. The predicted octanol–water partition coefficient (Wildman–Crippen LogP) is 4.10. The van der Waals surface area contributed by atoms with Gasteiger partial charge in [0.25, 0.3) is 0 Å². The summed E-state index contributed by atoms with van der Waals surface area (Å²) in [7, 11) is 0. The summed E-state index contributed by atoms with van der Waals surface area (Å²) in [4.78, 5) is 0. The molecule has 4 aromatic rings. The molecule has 0 amide bonds. The van der Waals surface area contributed by atoms with Crippen LogP contribution in [0.1, 0.15) is 24.5 Å². The molecule has 1 aliphatic rings. The number of hydrogen-bond acceptors (Lipinski definition) is 2. The van der Waals surface area contributed by atoms with E-state index in [9.17, 15) is 10.2 Å². The smallest absolute Gasteiger partial charge is 0.113 e. The third-order valence-electron chi connectivity index (χ3n) is 5.62. The maximum Gasteiger partial charge on any atom is 0.113 e. The van der Waals surface area contributed by atoms with Crippen LogP contribution in [-0.4, -0.2) is 16.3 Å². The van der Waals surface area contributed by atoms with E-state index in [4.69, 9.17) is 0 Å². The maximum absolute atomic E-state index is 10.8. The van der Waals surface area contributed by atoms with E-state index in [1.54, 1.807) is 6.92 Å². The summed E-state index contributed by atoms with van der Waals surface area (Å²) in [5.41, 5.74) is 0.881. The van der Waals surface area contributed by atoms with Crippen LogP contribution in [0.2, 0.25) is 0 Å².